The molecule has 0 atom stereocenters. The Morgan fingerprint density at radius 2 is 1.06 bits per heavy atom. The van der Waals surface area contributed by atoms with Crippen LogP contribution in [0.4, 0.5) is 0 Å². The Labute approximate surface area is 137 Å². The molecule has 0 unspecified atom stereocenters. The summed E-state index contributed by atoms with van der Waals surface area (Å²) in [4.78, 5) is 0. The molecular formula is C12H21Cl2HfSi. The minimum Gasteiger partial charge on any atom is -0.358 e. The molecule has 0 aromatic rings. The van der Waals surface area contributed by atoms with Gasteiger partial charge in [-0.25, -0.2) is 24.3 Å². The van der Waals surface area contributed by atoms with Crippen molar-refractivity contribution in [2.24, 2.45) is 0 Å². The first kappa shape index (κ1) is 36.0. The molecule has 0 aliphatic heterocycles. The quantitative estimate of drug-likeness (QED) is 0.399. The average molecular weight is 443 g/mol. The summed E-state index contributed by atoms with van der Waals surface area (Å²) in [5, 5.41) is 0. The topological polar surface area (TPSA) is 0 Å². The molecule has 0 N–H and O–H groups in total. The molecule has 0 aromatic carbocycles. The second-order valence-corrected chi connectivity index (χ2v) is 2.01. The van der Waals surface area contributed by atoms with Crippen LogP contribution in [0.5, 0.6) is 0 Å². The third kappa shape index (κ3) is 24.1. The maximum atomic E-state index is 2.99. The molecule has 91 valence electrons. The van der Waals surface area contributed by atoms with Gasteiger partial charge in [0.15, 0.2) is 0 Å². The van der Waals surface area contributed by atoms with Gasteiger partial charge in [0.05, 0.1) is 0 Å². The predicted molar refractivity (Wildman–Crippen MR) is 80.4 cm³/mol. The van der Waals surface area contributed by atoms with Crippen molar-refractivity contribution >= 4 is 35.8 Å². The van der Waals surface area contributed by atoms with Gasteiger partial charge in [-0.1, -0.05) is 0 Å². The van der Waals surface area contributed by atoms with E-state index in [4.69, 9.17) is 0 Å². The Kier molecular flexibility index (Phi) is 66.5. The van der Waals surface area contributed by atoms with Gasteiger partial charge in [0, 0.05) is 0 Å². The monoisotopic (exact) mass is 443 g/mol. The first-order valence-corrected chi connectivity index (χ1v) is 3.43. The van der Waals surface area contributed by atoms with Crippen molar-refractivity contribution in [1.82, 2.24) is 0 Å². The molecule has 4 heteroatoms. The van der Waals surface area contributed by atoms with Crippen molar-refractivity contribution in [2.75, 3.05) is 0 Å². The van der Waals surface area contributed by atoms with E-state index in [1.807, 2.05) is 24.3 Å². The molecule has 0 saturated heterocycles. The molecule has 2 aliphatic rings. The summed E-state index contributed by atoms with van der Waals surface area (Å²) in [7, 11) is 0. The maximum Gasteiger partial charge on any atom is 4.00 e. The summed E-state index contributed by atoms with van der Waals surface area (Å²) < 4.78 is 0. The van der Waals surface area contributed by atoms with Gasteiger partial charge in [-0.05, 0) is 11.0 Å². The van der Waals surface area contributed by atoms with E-state index in [2.05, 4.69) is 24.3 Å². The van der Waals surface area contributed by atoms with Crippen LogP contribution < -0.4 is 0 Å². The van der Waals surface area contributed by atoms with E-state index in [0.717, 1.165) is 12.8 Å². The Morgan fingerprint density at radius 3 is 1.12 bits per heavy atom. The molecule has 0 nitrogen and oxygen atoms in total. The van der Waals surface area contributed by atoms with Gasteiger partial charge >= 0.3 is 25.8 Å². The van der Waals surface area contributed by atoms with E-state index in [9.17, 15) is 0 Å². The van der Waals surface area contributed by atoms with E-state index in [0.29, 0.717) is 0 Å². The number of allylic oxidation sites excluding steroid dienone is 8. The van der Waals surface area contributed by atoms with E-state index >= 15 is 0 Å². The molecule has 2 aliphatic carbocycles. The predicted octanol–water partition coefficient (Wildman–Crippen LogP) is 3.17. The number of rotatable bonds is 0. The zero-order valence-corrected chi connectivity index (χ0v) is 17.4. The third-order valence-corrected chi connectivity index (χ3v) is 1.17. The van der Waals surface area contributed by atoms with Gasteiger partial charge in [-0.15, -0.1) is 37.7 Å². The molecule has 0 bridgehead atoms. The standard InChI is InChI=1S/2C5H5.2CH3.2ClH.Hf.H3Si/c2*1-2-4-5-3-1;;;;;;/h2*1-3H,4H2;2*1H3;2*1H;;1H3/q4*-1;;;+4;. The smallest absolute Gasteiger partial charge is 0.358 e. The Hall–Kier alpha value is 0.627. The Bertz CT molecular complexity index is 157. The number of hydrogen-bond acceptors (Lipinski definition) is 0. The first-order chi connectivity index (χ1) is 5.00. The number of hydrogen-bond donors (Lipinski definition) is 0. The zero-order chi connectivity index (χ0) is 7.07. The van der Waals surface area contributed by atoms with E-state index < -0.39 is 0 Å². The molecule has 0 fully saturated rings. The van der Waals surface area contributed by atoms with Crippen molar-refractivity contribution in [2.45, 2.75) is 12.8 Å². The van der Waals surface area contributed by atoms with Crippen molar-refractivity contribution in [3.05, 3.63) is 63.5 Å². The van der Waals surface area contributed by atoms with E-state index in [-0.39, 0.29) is 76.5 Å². The molecule has 1 radical (unpaired) electrons. The molecule has 2 rings (SSSR count). The van der Waals surface area contributed by atoms with Crippen LogP contribution in [0.2, 0.25) is 0 Å². The second kappa shape index (κ2) is 29.6. The third-order valence-electron chi connectivity index (χ3n) is 1.17. The summed E-state index contributed by atoms with van der Waals surface area (Å²) in [6.45, 7) is 0. The Morgan fingerprint density at radius 1 is 0.750 bits per heavy atom. The average Bonchev–Trinajstić information content (AvgIpc) is 2.67. The first-order valence-electron chi connectivity index (χ1n) is 3.43. The van der Waals surface area contributed by atoms with Crippen LogP contribution in [0, 0.1) is 27.0 Å². The second-order valence-electron chi connectivity index (χ2n) is 2.01. The Balaban J connectivity index is -0.0000000227. The fraction of sp³-hybridized carbons (Fsp3) is 0.167. The van der Waals surface area contributed by atoms with E-state index in [1.54, 1.807) is 0 Å². The molecule has 0 amide bonds. The number of halogens is 2. The minimum atomic E-state index is 0. The van der Waals surface area contributed by atoms with Crippen molar-refractivity contribution in [3.8, 4) is 0 Å². The van der Waals surface area contributed by atoms with Gasteiger partial charge in [-0.3, -0.25) is 12.2 Å². The largest absolute Gasteiger partial charge is 4.00 e. The normalized spacial score (nSPS) is 11.0. The zero-order valence-electron chi connectivity index (χ0n) is 10.2. The summed E-state index contributed by atoms with van der Waals surface area (Å²) >= 11 is 0. The van der Waals surface area contributed by atoms with Crippen LogP contribution in [0.3, 0.4) is 0 Å². The summed E-state index contributed by atoms with van der Waals surface area (Å²) in [6.07, 6.45) is 20.0. The minimum absolute atomic E-state index is 0. The van der Waals surface area contributed by atoms with Gasteiger partial charge in [0.25, 0.3) is 0 Å². The molecule has 0 heterocycles. The van der Waals surface area contributed by atoms with Crippen LogP contribution in [0.25, 0.3) is 0 Å². The van der Waals surface area contributed by atoms with Crippen LogP contribution in [0.1, 0.15) is 12.8 Å². The fourth-order valence-corrected chi connectivity index (χ4v) is 0.680. The van der Waals surface area contributed by atoms with Crippen LogP contribution in [0.15, 0.2) is 36.5 Å². The molecule has 0 spiro atoms. The SMILES string of the molecule is Cl.Cl.[C-]1=CC=CC1.[C-]1=CC=CC1.[CH3-].[CH3-].[Hf+4].[SiH3]. The van der Waals surface area contributed by atoms with Crippen LogP contribution in [-0.4, -0.2) is 11.0 Å². The van der Waals surface area contributed by atoms with Crippen molar-refractivity contribution < 1.29 is 25.8 Å². The fourth-order valence-electron chi connectivity index (χ4n) is 0.680. The van der Waals surface area contributed by atoms with Gasteiger partial charge < -0.3 is 14.9 Å². The van der Waals surface area contributed by atoms with Crippen LogP contribution >= 0.6 is 24.8 Å². The van der Waals surface area contributed by atoms with Crippen molar-refractivity contribution in [3.63, 3.8) is 0 Å². The summed E-state index contributed by atoms with van der Waals surface area (Å²) in [5.74, 6) is 0. The van der Waals surface area contributed by atoms with Gasteiger partial charge in [-0.2, -0.15) is 12.2 Å². The summed E-state index contributed by atoms with van der Waals surface area (Å²) in [6, 6.07) is 0. The molecule has 16 heavy (non-hydrogen) atoms. The molecule has 0 saturated carbocycles. The van der Waals surface area contributed by atoms with Crippen LogP contribution in [-0.2, 0) is 25.8 Å². The van der Waals surface area contributed by atoms with Crippen molar-refractivity contribution in [1.29, 1.82) is 0 Å². The molecular weight excluding hydrogens is 422 g/mol. The maximum absolute atomic E-state index is 2.99. The van der Waals surface area contributed by atoms with E-state index in [1.165, 1.54) is 0 Å². The molecule has 0 aromatic heterocycles. The van der Waals surface area contributed by atoms with Gasteiger partial charge in [0.1, 0.15) is 0 Å². The van der Waals surface area contributed by atoms with Gasteiger partial charge in [0.2, 0.25) is 0 Å². The summed E-state index contributed by atoms with van der Waals surface area (Å²) in [5.41, 5.74) is 0.